The highest BCUT2D eigenvalue weighted by Gasteiger charge is 2.07. The average molecular weight is 256 g/mol. The minimum absolute atomic E-state index is 0.322. The van der Waals surface area contributed by atoms with E-state index in [-0.39, 0.29) is 0 Å². The standard InChI is InChI=1S/C15H12O4/c1-11-2-6-13(7-3-11)18-15(17)19-14-8-4-12(10-16)5-9-14/h2-10H,1H3. The normalized spacial score (nSPS) is 9.74. The maximum absolute atomic E-state index is 11.5. The van der Waals surface area contributed by atoms with Crippen LogP contribution < -0.4 is 9.47 Å². The summed E-state index contributed by atoms with van der Waals surface area (Å²) >= 11 is 0. The molecule has 0 radical (unpaired) electrons. The van der Waals surface area contributed by atoms with Gasteiger partial charge in [-0.1, -0.05) is 17.7 Å². The maximum atomic E-state index is 11.5. The van der Waals surface area contributed by atoms with Crippen LogP contribution in [0.3, 0.4) is 0 Å². The third kappa shape index (κ3) is 3.67. The van der Waals surface area contributed by atoms with Gasteiger partial charge in [-0.2, -0.15) is 0 Å². The van der Waals surface area contributed by atoms with E-state index in [1.54, 1.807) is 24.3 Å². The monoisotopic (exact) mass is 256 g/mol. The van der Waals surface area contributed by atoms with Gasteiger partial charge in [0.05, 0.1) is 0 Å². The summed E-state index contributed by atoms with van der Waals surface area (Å²) in [6, 6.07) is 13.2. The number of hydrogen-bond donors (Lipinski definition) is 0. The Balaban J connectivity index is 1.96. The Hall–Kier alpha value is -2.62. The van der Waals surface area contributed by atoms with E-state index >= 15 is 0 Å². The highest BCUT2D eigenvalue weighted by molar-refractivity contribution is 5.75. The smallest absolute Gasteiger partial charge is 0.395 e. The molecule has 0 saturated heterocycles. The van der Waals surface area contributed by atoms with Crippen molar-refractivity contribution in [3.63, 3.8) is 0 Å². The van der Waals surface area contributed by atoms with Gasteiger partial charge in [0, 0.05) is 5.56 Å². The Labute approximate surface area is 110 Å². The van der Waals surface area contributed by atoms with Gasteiger partial charge in [0.2, 0.25) is 0 Å². The third-order valence-corrected chi connectivity index (χ3v) is 2.44. The Morgan fingerprint density at radius 2 is 1.37 bits per heavy atom. The van der Waals surface area contributed by atoms with Crippen molar-refractivity contribution in [2.24, 2.45) is 0 Å². The van der Waals surface area contributed by atoms with Gasteiger partial charge in [-0.25, -0.2) is 4.79 Å². The van der Waals surface area contributed by atoms with Crippen LogP contribution in [0.5, 0.6) is 11.5 Å². The topological polar surface area (TPSA) is 52.6 Å². The maximum Gasteiger partial charge on any atom is 0.519 e. The molecule has 19 heavy (non-hydrogen) atoms. The molecule has 0 unspecified atom stereocenters. The summed E-state index contributed by atoms with van der Waals surface area (Å²) in [6.07, 6.45) is -0.100. The van der Waals surface area contributed by atoms with Gasteiger partial charge in [0.25, 0.3) is 0 Å². The van der Waals surface area contributed by atoms with Crippen molar-refractivity contribution in [3.05, 3.63) is 59.7 Å². The van der Waals surface area contributed by atoms with Crippen LogP contribution in [0.15, 0.2) is 48.5 Å². The lowest BCUT2D eigenvalue weighted by Crippen LogP contribution is -2.13. The first-order valence-corrected chi connectivity index (χ1v) is 5.69. The molecule has 0 saturated carbocycles. The Morgan fingerprint density at radius 1 is 0.895 bits per heavy atom. The molecule has 4 heteroatoms. The number of hydrogen-bond acceptors (Lipinski definition) is 4. The molecule has 0 amide bonds. The second kappa shape index (κ2) is 5.82. The molecule has 0 aromatic heterocycles. The fraction of sp³-hybridized carbons (Fsp3) is 0.0667. The van der Waals surface area contributed by atoms with E-state index < -0.39 is 6.16 Å². The molecule has 0 bridgehead atoms. The molecule has 0 heterocycles. The summed E-state index contributed by atoms with van der Waals surface area (Å²) in [6.45, 7) is 1.94. The van der Waals surface area contributed by atoms with Crippen LogP contribution >= 0.6 is 0 Å². The summed E-state index contributed by atoms with van der Waals surface area (Å²) in [7, 11) is 0. The molecule has 0 fully saturated rings. The molecule has 0 aliphatic rings. The van der Waals surface area contributed by atoms with Crippen molar-refractivity contribution >= 4 is 12.4 Å². The largest absolute Gasteiger partial charge is 0.519 e. The van der Waals surface area contributed by atoms with Gasteiger partial charge >= 0.3 is 6.16 Å². The molecule has 0 atom stereocenters. The Kier molecular flexibility index (Phi) is 3.93. The number of aldehydes is 1. The van der Waals surface area contributed by atoms with Gasteiger partial charge in [-0.05, 0) is 43.3 Å². The summed E-state index contributed by atoms with van der Waals surface area (Å²) in [5.74, 6) is 0.739. The number of carbonyl (C=O) groups excluding carboxylic acids is 2. The van der Waals surface area contributed by atoms with Gasteiger partial charge in [0.1, 0.15) is 17.8 Å². The Bertz CT molecular complexity index is 570. The van der Waals surface area contributed by atoms with Crippen molar-refractivity contribution in [2.75, 3.05) is 0 Å². The molecule has 0 N–H and O–H groups in total. The zero-order chi connectivity index (χ0) is 13.7. The van der Waals surface area contributed by atoms with Crippen molar-refractivity contribution in [1.82, 2.24) is 0 Å². The SMILES string of the molecule is Cc1ccc(OC(=O)Oc2ccc(C=O)cc2)cc1. The van der Waals surface area contributed by atoms with Crippen molar-refractivity contribution in [1.29, 1.82) is 0 Å². The quantitative estimate of drug-likeness (QED) is 0.480. The third-order valence-electron chi connectivity index (χ3n) is 2.44. The summed E-state index contributed by atoms with van der Waals surface area (Å²) < 4.78 is 9.97. The van der Waals surface area contributed by atoms with E-state index in [0.29, 0.717) is 23.3 Å². The zero-order valence-electron chi connectivity index (χ0n) is 10.3. The minimum Gasteiger partial charge on any atom is -0.395 e. The minimum atomic E-state index is -0.817. The van der Waals surface area contributed by atoms with Crippen LogP contribution in [0.1, 0.15) is 15.9 Å². The highest BCUT2D eigenvalue weighted by atomic mass is 16.7. The lowest BCUT2D eigenvalue weighted by molar-refractivity contribution is 0.112. The summed E-state index contributed by atoms with van der Waals surface area (Å²) in [4.78, 5) is 22.0. The van der Waals surface area contributed by atoms with Crippen molar-refractivity contribution in [2.45, 2.75) is 6.92 Å². The van der Waals surface area contributed by atoms with E-state index in [1.165, 1.54) is 12.1 Å². The van der Waals surface area contributed by atoms with Crippen LogP contribution in [0.25, 0.3) is 0 Å². The first kappa shape index (κ1) is 12.8. The van der Waals surface area contributed by atoms with Gasteiger partial charge < -0.3 is 9.47 Å². The molecule has 0 spiro atoms. The zero-order valence-corrected chi connectivity index (χ0v) is 10.3. The molecule has 2 aromatic carbocycles. The number of aryl methyl sites for hydroxylation is 1. The van der Waals surface area contributed by atoms with E-state index in [0.717, 1.165) is 5.56 Å². The molecular weight excluding hydrogens is 244 g/mol. The first-order chi connectivity index (χ1) is 9.17. The van der Waals surface area contributed by atoms with Crippen molar-refractivity contribution in [3.8, 4) is 11.5 Å². The molecule has 4 nitrogen and oxygen atoms in total. The van der Waals surface area contributed by atoms with Crippen LogP contribution in [0.4, 0.5) is 4.79 Å². The average Bonchev–Trinajstić information content (AvgIpc) is 2.42. The van der Waals surface area contributed by atoms with E-state index in [4.69, 9.17) is 9.47 Å². The predicted octanol–water partition coefficient (Wildman–Crippen LogP) is 3.39. The van der Waals surface area contributed by atoms with Crippen LogP contribution in [-0.4, -0.2) is 12.4 Å². The number of carbonyl (C=O) groups is 2. The molecule has 0 aliphatic carbocycles. The first-order valence-electron chi connectivity index (χ1n) is 5.69. The second-order valence-corrected chi connectivity index (χ2v) is 3.95. The molecular formula is C15H12O4. The highest BCUT2D eigenvalue weighted by Crippen LogP contribution is 2.15. The molecule has 96 valence electrons. The van der Waals surface area contributed by atoms with Gasteiger partial charge in [-0.3, -0.25) is 4.79 Å². The summed E-state index contributed by atoms with van der Waals surface area (Å²) in [5.41, 5.74) is 1.59. The fourth-order valence-electron chi connectivity index (χ4n) is 1.43. The Morgan fingerprint density at radius 3 is 1.84 bits per heavy atom. The fourth-order valence-corrected chi connectivity index (χ4v) is 1.43. The molecule has 0 aliphatic heterocycles. The van der Waals surface area contributed by atoms with E-state index in [2.05, 4.69) is 0 Å². The van der Waals surface area contributed by atoms with Crippen LogP contribution in [-0.2, 0) is 0 Å². The lowest BCUT2D eigenvalue weighted by atomic mass is 10.2. The molecule has 2 aromatic rings. The summed E-state index contributed by atoms with van der Waals surface area (Å²) in [5, 5.41) is 0. The van der Waals surface area contributed by atoms with Crippen LogP contribution in [0, 0.1) is 6.92 Å². The van der Waals surface area contributed by atoms with Crippen molar-refractivity contribution < 1.29 is 19.1 Å². The predicted molar refractivity (Wildman–Crippen MR) is 69.7 cm³/mol. The number of rotatable bonds is 3. The lowest BCUT2D eigenvalue weighted by Gasteiger charge is -2.05. The van der Waals surface area contributed by atoms with Gasteiger partial charge in [0.15, 0.2) is 0 Å². The second-order valence-electron chi connectivity index (χ2n) is 3.95. The van der Waals surface area contributed by atoms with E-state index in [9.17, 15) is 9.59 Å². The number of benzene rings is 2. The molecule has 2 rings (SSSR count). The number of ether oxygens (including phenoxy) is 2. The van der Waals surface area contributed by atoms with E-state index in [1.807, 2.05) is 19.1 Å². The van der Waals surface area contributed by atoms with Crippen LogP contribution in [0.2, 0.25) is 0 Å². The van der Waals surface area contributed by atoms with Gasteiger partial charge in [-0.15, -0.1) is 0 Å².